The molecule has 2 N–H and O–H groups in total. The van der Waals surface area contributed by atoms with Crippen LogP contribution in [0.1, 0.15) is 41.6 Å². The van der Waals surface area contributed by atoms with E-state index in [1.807, 2.05) is 78.8 Å². The number of fused-ring (bicyclic) bond motifs is 3. The number of aromatic nitrogens is 2. The lowest BCUT2D eigenvalue weighted by Crippen LogP contribution is -2.36. The summed E-state index contributed by atoms with van der Waals surface area (Å²) in [4.78, 5) is 29.1. The Bertz CT molecular complexity index is 1610. The fourth-order valence-electron chi connectivity index (χ4n) is 5.59. The minimum atomic E-state index is -0.0704. The Hall–Kier alpha value is -4.09. The summed E-state index contributed by atoms with van der Waals surface area (Å²) in [6, 6.07) is 18.3. The number of para-hydroxylation sites is 1. The SMILES string of the molecule is N#C/C(=C\c1cccc2cnccc12)c1cn(C(=O)CCCC[C@@H]2SC[C@@H]3NC(=O)N[C@@H]32)c2ccccc12. The number of nitriles is 1. The van der Waals surface area contributed by atoms with E-state index in [2.05, 4.69) is 21.7 Å². The highest BCUT2D eigenvalue weighted by Gasteiger charge is 2.42. The molecule has 0 bridgehead atoms. The number of pyridine rings is 1. The molecule has 7 nitrogen and oxygen atoms in total. The lowest BCUT2D eigenvalue weighted by Gasteiger charge is -2.16. The van der Waals surface area contributed by atoms with Gasteiger partial charge in [-0.25, -0.2) is 4.79 Å². The predicted octanol–water partition coefficient (Wildman–Crippen LogP) is 5.62. The van der Waals surface area contributed by atoms with Gasteiger partial charge in [0.1, 0.15) is 0 Å². The van der Waals surface area contributed by atoms with Crippen molar-refractivity contribution in [3.63, 3.8) is 0 Å². The van der Waals surface area contributed by atoms with Gasteiger partial charge >= 0.3 is 6.03 Å². The summed E-state index contributed by atoms with van der Waals surface area (Å²) in [6.45, 7) is 0. The van der Waals surface area contributed by atoms with Crippen LogP contribution in [0, 0.1) is 11.3 Å². The molecule has 6 rings (SSSR count). The number of allylic oxidation sites excluding steroid dienone is 1. The van der Waals surface area contributed by atoms with Gasteiger partial charge in [0.25, 0.3) is 0 Å². The number of urea groups is 1. The summed E-state index contributed by atoms with van der Waals surface area (Å²) in [6.07, 6.45) is 10.4. The highest BCUT2D eigenvalue weighted by atomic mass is 32.2. The number of hydrogen-bond acceptors (Lipinski definition) is 5. The fourth-order valence-corrected chi connectivity index (χ4v) is 7.13. The molecule has 38 heavy (non-hydrogen) atoms. The van der Waals surface area contributed by atoms with E-state index in [1.54, 1.807) is 10.8 Å². The van der Waals surface area contributed by atoms with Crippen molar-refractivity contribution in [2.45, 2.75) is 43.0 Å². The Labute approximate surface area is 224 Å². The molecule has 2 saturated heterocycles. The minimum absolute atomic E-state index is 0.0220. The Kier molecular flexibility index (Phi) is 6.61. The van der Waals surface area contributed by atoms with Gasteiger partial charge in [-0.3, -0.25) is 14.3 Å². The molecule has 2 aromatic heterocycles. The third kappa shape index (κ3) is 4.54. The van der Waals surface area contributed by atoms with Gasteiger partial charge in [-0.15, -0.1) is 0 Å². The summed E-state index contributed by atoms with van der Waals surface area (Å²) < 4.78 is 1.70. The van der Waals surface area contributed by atoms with Gasteiger partial charge in [0.2, 0.25) is 5.91 Å². The van der Waals surface area contributed by atoms with Crippen molar-refractivity contribution < 1.29 is 9.59 Å². The van der Waals surface area contributed by atoms with Gasteiger partial charge in [-0.2, -0.15) is 17.0 Å². The molecule has 8 heteroatoms. The maximum atomic E-state index is 13.3. The monoisotopic (exact) mass is 521 g/mol. The molecule has 0 radical (unpaired) electrons. The number of unbranched alkanes of at least 4 members (excludes halogenated alkanes) is 1. The summed E-state index contributed by atoms with van der Waals surface area (Å²) in [5.41, 5.74) is 3.01. The lowest BCUT2D eigenvalue weighted by atomic mass is 10.00. The molecular formula is C30H27N5O2S. The molecule has 3 atom stereocenters. The second-order valence-electron chi connectivity index (χ2n) is 9.81. The second kappa shape index (κ2) is 10.3. The average molecular weight is 522 g/mol. The third-order valence-corrected chi connectivity index (χ3v) is 8.98. The van der Waals surface area contributed by atoms with E-state index in [-0.39, 0.29) is 24.0 Å². The minimum Gasteiger partial charge on any atom is -0.332 e. The highest BCUT2D eigenvalue weighted by Crippen LogP contribution is 2.34. The number of amides is 2. The van der Waals surface area contributed by atoms with Crippen molar-refractivity contribution in [3.8, 4) is 6.07 Å². The van der Waals surface area contributed by atoms with Gasteiger partial charge in [-0.05, 0) is 42.0 Å². The van der Waals surface area contributed by atoms with Crippen LogP contribution >= 0.6 is 11.8 Å². The van der Waals surface area contributed by atoms with E-state index in [0.717, 1.165) is 57.8 Å². The zero-order valence-electron chi connectivity index (χ0n) is 20.8. The number of hydrogen-bond donors (Lipinski definition) is 2. The highest BCUT2D eigenvalue weighted by molar-refractivity contribution is 8.00. The van der Waals surface area contributed by atoms with Gasteiger partial charge in [0.05, 0.1) is 29.2 Å². The number of thioether (sulfide) groups is 1. The first kappa shape index (κ1) is 24.3. The second-order valence-corrected chi connectivity index (χ2v) is 11.1. The van der Waals surface area contributed by atoms with E-state index in [4.69, 9.17) is 0 Å². The quantitative estimate of drug-likeness (QED) is 0.187. The van der Waals surface area contributed by atoms with Gasteiger partial charge < -0.3 is 10.6 Å². The third-order valence-electron chi connectivity index (χ3n) is 7.47. The van der Waals surface area contributed by atoms with Crippen molar-refractivity contribution >= 4 is 57.0 Å². The molecule has 4 aromatic rings. The largest absolute Gasteiger partial charge is 0.332 e. The van der Waals surface area contributed by atoms with Crippen molar-refractivity contribution in [3.05, 3.63) is 78.2 Å². The summed E-state index contributed by atoms with van der Waals surface area (Å²) in [7, 11) is 0. The standard InChI is InChI=1S/C30H27N5O2S/c31-15-21(14-19-6-5-7-20-16-32-13-12-22(19)20)24-17-35(26-9-2-1-8-23(24)26)28(36)11-4-3-10-27-29-25(18-38-27)33-30(37)34-29/h1-2,5-9,12-14,16-17,25,27,29H,3-4,10-11,18H2,(H2,33,34,37)/b21-14+/t25-,27-,29-/m0/s1. The van der Waals surface area contributed by atoms with Crippen LogP contribution in [0.5, 0.6) is 0 Å². The van der Waals surface area contributed by atoms with Crippen molar-refractivity contribution in [1.82, 2.24) is 20.2 Å². The maximum absolute atomic E-state index is 13.3. The first-order valence-electron chi connectivity index (χ1n) is 12.9. The molecule has 0 spiro atoms. The van der Waals surface area contributed by atoms with Crippen LogP contribution in [-0.4, -0.2) is 44.6 Å². The molecule has 0 saturated carbocycles. The van der Waals surface area contributed by atoms with Gasteiger partial charge in [0, 0.05) is 52.4 Å². The number of nitrogens with one attached hydrogen (secondary N) is 2. The van der Waals surface area contributed by atoms with Crippen LogP contribution in [0.4, 0.5) is 4.79 Å². The van der Waals surface area contributed by atoms with Crippen LogP contribution in [0.25, 0.3) is 33.3 Å². The van der Waals surface area contributed by atoms with Crippen molar-refractivity contribution in [2.75, 3.05) is 5.75 Å². The summed E-state index contributed by atoms with van der Waals surface area (Å²) in [5.74, 6) is 0.962. The topological polar surface area (TPSA) is 99.8 Å². The average Bonchev–Trinajstić information content (AvgIpc) is 3.62. The number of benzene rings is 2. The van der Waals surface area contributed by atoms with E-state index in [9.17, 15) is 14.9 Å². The lowest BCUT2D eigenvalue weighted by molar-refractivity contribution is 0.0904. The summed E-state index contributed by atoms with van der Waals surface area (Å²) in [5, 5.41) is 19.4. The molecule has 2 aromatic carbocycles. The Morgan fingerprint density at radius 3 is 2.92 bits per heavy atom. The first-order valence-corrected chi connectivity index (χ1v) is 13.9. The van der Waals surface area contributed by atoms with E-state index >= 15 is 0 Å². The zero-order valence-corrected chi connectivity index (χ0v) is 21.6. The van der Waals surface area contributed by atoms with Crippen LogP contribution in [0.2, 0.25) is 0 Å². The number of rotatable bonds is 7. The van der Waals surface area contributed by atoms with Crippen molar-refractivity contribution in [2.24, 2.45) is 0 Å². The number of carbonyl (C=O) groups is 2. The zero-order chi connectivity index (χ0) is 26.1. The molecule has 0 unspecified atom stereocenters. The molecule has 0 aliphatic carbocycles. The van der Waals surface area contributed by atoms with E-state index < -0.39 is 0 Å². The van der Waals surface area contributed by atoms with Crippen LogP contribution < -0.4 is 10.6 Å². The smallest absolute Gasteiger partial charge is 0.315 e. The Morgan fingerprint density at radius 1 is 1.13 bits per heavy atom. The Balaban J connectivity index is 1.21. The predicted molar refractivity (Wildman–Crippen MR) is 152 cm³/mol. The normalized spacial score (nSPS) is 20.8. The molecule has 2 fully saturated rings. The number of carbonyl (C=O) groups excluding carboxylic acids is 2. The van der Waals surface area contributed by atoms with Gasteiger partial charge in [-0.1, -0.05) is 42.8 Å². The summed E-state index contributed by atoms with van der Waals surface area (Å²) >= 11 is 1.90. The Morgan fingerprint density at radius 2 is 2.03 bits per heavy atom. The van der Waals surface area contributed by atoms with Crippen LogP contribution in [0.3, 0.4) is 0 Å². The molecule has 4 heterocycles. The molecule has 190 valence electrons. The van der Waals surface area contributed by atoms with Crippen LogP contribution in [-0.2, 0) is 0 Å². The molecular weight excluding hydrogens is 494 g/mol. The molecule has 2 aliphatic rings. The first-order chi connectivity index (χ1) is 18.6. The number of nitrogens with zero attached hydrogens (tertiary/aromatic N) is 3. The maximum Gasteiger partial charge on any atom is 0.315 e. The van der Waals surface area contributed by atoms with Crippen molar-refractivity contribution in [1.29, 1.82) is 5.26 Å². The fraction of sp³-hybridized carbons (Fsp3) is 0.267. The molecule has 2 aliphatic heterocycles. The van der Waals surface area contributed by atoms with E-state index in [0.29, 0.717) is 17.2 Å². The molecule has 2 amide bonds. The van der Waals surface area contributed by atoms with Gasteiger partial charge in [0.15, 0.2) is 0 Å². The van der Waals surface area contributed by atoms with E-state index in [1.165, 1.54) is 0 Å². The van der Waals surface area contributed by atoms with Crippen LogP contribution in [0.15, 0.2) is 67.1 Å².